The second-order valence-corrected chi connectivity index (χ2v) is 2.89. The number of aromatic nitrogens is 1. The predicted molar refractivity (Wildman–Crippen MR) is 50.0 cm³/mol. The van der Waals surface area contributed by atoms with E-state index in [0.717, 1.165) is 12.3 Å². The molecule has 0 aliphatic carbocycles. The average Bonchev–Trinajstić information content (AvgIpc) is 2.20. The third kappa shape index (κ3) is 2.24. The summed E-state index contributed by atoms with van der Waals surface area (Å²) in [5.41, 5.74) is -1.53. The smallest absolute Gasteiger partial charge is 0.337 e. The molecule has 0 spiro atoms. The summed E-state index contributed by atoms with van der Waals surface area (Å²) in [7, 11) is 0. The van der Waals surface area contributed by atoms with Gasteiger partial charge in [0.15, 0.2) is 0 Å². The zero-order chi connectivity index (χ0) is 12.3. The van der Waals surface area contributed by atoms with Crippen molar-refractivity contribution in [3.8, 4) is 6.07 Å². The Balaban J connectivity index is 3.43. The molecular weight excluding hydrogens is 216 g/mol. The highest BCUT2D eigenvalue weighted by molar-refractivity contribution is 5.87. The summed E-state index contributed by atoms with van der Waals surface area (Å²) in [4.78, 5) is 32.5. The van der Waals surface area contributed by atoms with Crippen molar-refractivity contribution in [2.75, 3.05) is 0 Å². The Bertz CT molecular complexity index is 552. The molecule has 1 aromatic heterocycles. The van der Waals surface area contributed by atoms with Crippen LogP contribution in [0, 0.1) is 11.3 Å². The Kier molecular flexibility index (Phi) is 3.06. The molecule has 0 atom stereocenters. The van der Waals surface area contributed by atoms with E-state index in [4.69, 9.17) is 15.5 Å². The van der Waals surface area contributed by atoms with E-state index in [-0.39, 0.29) is 5.56 Å². The van der Waals surface area contributed by atoms with Gasteiger partial charge >= 0.3 is 11.9 Å². The van der Waals surface area contributed by atoms with Gasteiger partial charge in [-0.2, -0.15) is 5.26 Å². The largest absolute Gasteiger partial charge is 0.480 e. The molecule has 2 N–H and O–H groups in total. The molecule has 0 bridgehead atoms. The highest BCUT2D eigenvalue weighted by Gasteiger charge is 2.12. The van der Waals surface area contributed by atoms with Gasteiger partial charge in [-0.25, -0.2) is 4.79 Å². The number of carboxylic acids is 2. The number of aliphatic carboxylic acids is 1. The molecule has 7 heteroatoms. The molecule has 7 nitrogen and oxygen atoms in total. The highest BCUT2D eigenvalue weighted by Crippen LogP contribution is 2.00. The molecule has 16 heavy (non-hydrogen) atoms. The van der Waals surface area contributed by atoms with Crippen molar-refractivity contribution in [2.45, 2.75) is 6.54 Å². The summed E-state index contributed by atoms with van der Waals surface area (Å²) in [5, 5.41) is 25.8. The molecule has 0 fully saturated rings. The van der Waals surface area contributed by atoms with Gasteiger partial charge in [0.25, 0.3) is 5.56 Å². The van der Waals surface area contributed by atoms with Crippen molar-refractivity contribution in [3.63, 3.8) is 0 Å². The predicted octanol–water partition coefficient (Wildman–Crippen LogP) is -0.497. The Morgan fingerprint density at radius 3 is 2.50 bits per heavy atom. The van der Waals surface area contributed by atoms with Crippen LogP contribution in [0.25, 0.3) is 0 Å². The van der Waals surface area contributed by atoms with E-state index in [9.17, 15) is 14.4 Å². The second-order valence-electron chi connectivity index (χ2n) is 2.89. The Morgan fingerprint density at radius 1 is 1.44 bits per heavy atom. The average molecular weight is 222 g/mol. The molecule has 1 heterocycles. The molecule has 0 aromatic carbocycles. The van der Waals surface area contributed by atoms with Crippen molar-refractivity contribution >= 4 is 11.9 Å². The zero-order valence-electron chi connectivity index (χ0n) is 7.88. The van der Waals surface area contributed by atoms with Gasteiger partial charge in [0.2, 0.25) is 0 Å². The van der Waals surface area contributed by atoms with Crippen molar-refractivity contribution in [1.82, 2.24) is 4.57 Å². The first kappa shape index (κ1) is 11.5. The fraction of sp³-hybridized carbons (Fsp3) is 0.111. The molecular formula is C9H6N2O5. The van der Waals surface area contributed by atoms with Crippen molar-refractivity contribution < 1.29 is 19.8 Å². The Morgan fingerprint density at radius 2 is 2.06 bits per heavy atom. The first-order valence-corrected chi connectivity index (χ1v) is 4.05. The minimum absolute atomic E-state index is 0.308. The molecule has 1 rings (SSSR count). The molecule has 0 radical (unpaired) electrons. The lowest BCUT2D eigenvalue weighted by Gasteiger charge is -2.04. The summed E-state index contributed by atoms with van der Waals surface area (Å²) >= 11 is 0. The highest BCUT2D eigenvalue weighted by atomic mass is 16.4. The van der Waals surface area contributed by atoms with Crippen LogP contribution in [-0.2, 0) is 11.3 Å². The van der Waals surface area contributed by atoms with Crippen molar-refractivity contribution in [3.05, 3.63) is 33.7 Å². The van der Waals surface area contributed by atoms with Crippen molar-refractivity contribution in [1.29, 1.82) is 5.26 Å². The third-order valence-corrected chi connectivity index (χ3v) is 1.76. The van der Waals surface area contributed by atoms with Crippen LogP contribution >= 0.6 is 0 Å². The van der Waals surface area contributed by atoms with Gasteiger partial charge in [0.1, 0.15) is 18.2 Å². The van der Waals surface area contributed by atoms with E-state index in [2.05, 4.69) is 0 Å². The van der Waals surface area contributed by atoms with Crippen LogP contribution < -0.4 is 5.56 Å². The summed E-state index contributed by atoms with van der Waals surface area (Å²) < 4.78 is 0.671. The number of carbonyl (C=O) groups is 2. The summed E-state index contributed by atoms with van der Waals surface area (Å²) in [6.45, 7) is -0.686. The number of hydrogen-bond acceptors (Lipinski definition) is 4. The van der Waals surface area contributed by atoms with Gasteiger partial charge < -0.3 is 14.8 Å². The van der Waals surface area contributed by atoms with Crippen LogP contribution in [-0.4, -0.2) is 26.7 Å². The first-order valence-electron chi connectivity index (χ1n) is 4.05. The molecule has 0 saturated carbocycles. The molecule has 0 saturated heterocycles. The molecule has 1 aromatic rings. The van der Waals surface area contributed by atoms with E-state index < -0.39 is 29.6 Å². The van der Waals surface area contributed by atoms with Gasteiger partial charge in [-0.3, -0.25) is 9.59 Å². The monoisotopic (exact) mass is 222 g/mol. The second kappa shape index (κ2) is 4.27. The van der Waals surface area contributed by atoms with Gasteiger partial charge in [-0.1, -0.05) is 0 Å². The molecule has 0 unspecified atom stereocenters. The maximum absolute atomic E-state index is 11.4. The molecule has 0 amide bonds. The lowest BCUT2D eigenvalue weighted by atomic mass is 10.2. The minimum atomic E-state index is -1.34. The first-order chi connectivity index (χ1) is 7.45. The number of rotatable bonds is 3. The van der Waals surface area contributed by atoms with Gasteiger partial charge in [-0.05, 0) is 6.07 Å². The summed E-state index contributed by atoms with van der Waals surface area (Å²) in [6.07, 6.45) is 0.889. The topological polar surface area (TPSA) is 120 Å². The maximum atomic E-state index is 11.4. The number of hydrogen-bond donors (Lipinski definition) is 2. The SMILES string of the molecule is N#Cc1cc(C(=O)O)cn(CC(=O)O)c1=O. The van der Waals surface area contributed by atoms with Crippen molar-refractivity contribution in [2.24, 2.45) is 0 Å². The number of nitrogens with zero attached hydrogens (tertiary/aromatic N) is 2. The standard InChI is InChI=1S/C9H6N2O5/c10-2-5-1-6(9(15)16)3-11(8(5)14)4-7(12)13/h1,3H,4H2,(H,12,13)(H,15,16). The molecule has 0 aliphatic heterocycles. The van der Waals surface area contributed by atoms with Gasteiger partial charge in [0.05, 0.1) is 5.56 Å². The maximum Gasteiger partial charge on any atom is 0.337 e. The van der Waals surface area contributed by atoms with Crippen LogP contribution in [0.15, 0.2) is 17.1 Å². The van der Waals surface area contributed by atoms with E-state index >= 15 is 0 Å². The number of carboxylic acid groups (broad SMARTS) is 2. The number of aromatic carboxylic acids is 1. The summed E-state index contributed by atoms with van der Waals surface area (Å²) in [5.74, 6) is -2.64. The fourth-order valence-corrected chi connectivity index (χ4v) is 1.10. The van der Waals surface area contributed by atoms with Crippen LogP contribution in [0.2, 0.25) is 0 Å². The lowest BCUT2D eigenvalue weighted by molar-refractivity contribution is -0.137. The third-order valence-electron chi connectivity index (χ3n) is 1.76. The quantitative estimate of drug-likeness (QED) is 0.711. The van der Waals surface area contributed by atoms with Crippen LogP contribution in [0.1, 0.15) is 15.9 Å². The summed E-state index contributed by atoms with van der Waals surface area (Å²) in [6, 6.07) is 2.42. The Hall–Kier alpha value is -2.62. The van der Waals surface area contributed by atoms with E-state index in [0.29, 0.717) is 4.57 Å². The van der Waals surface area contributed by atoms with Crippen LogP contribution in [0.5, 0.6) is 0 Å². The molecule has 82 valence electrons. The van der Waals surface area contributed by atoms with Crippen LogP contribution in [0.3, 0.4) is 0 Å². The Labute approximate surface area is 88.8 Å². The zero-order valence-corrected chi connectivity index (χ0v) is 7.88. The van der Waals surface area contributed by atoms with E-state index in [1.165, 1.54) is 6.07 Å². The number of pyridine rings is 1. The fourth-order valence-electron chi connectivity index (χ4n) is 1.10. The van der Waals surface area contributed by atoms with E-state index in [1.807, 2.05) is 0 Å². The van der Waals surface area contributed by atoms with Gasteiger partial charge in [0, 0.05) is 6.20 Å². The normalized spacial score (nSPS) is 9.44. The van der Waals surface area contributed by atoms with Gasteiger partial charge in [-0.15, -0.1) is 0 Å². The van der Waals surface area contributed by atoms with E-state index in [1.54, 1.807) is 0 Å². The number of nitriles is 1. The molecule has 0 aliphatic rings. The van der Waals surface area contributed by atoms with Crippen LogP contribution in [0.4, 0.5) is 0 Å². The minimum Gasteiger partial charge on any atom is -0.480 e. The lowest BCUT2D eigenvalue weighted by Crippen LogP contribution is -2.26.